The van der Waals surface area contributed by atoms with Crippen LogP contribution in [0.5, 0.6) is 0 Å². The van der Waals surface area contributed by atoms with Crippen molar-refractivity contribution < 1.29 is 0 Å². The summed E-state index contributed by atoms with van der Waals surface area (Å²) >= 11 is 5.98. The zero-order chi connectivity index (χ0) is 13.2. The number of hydrogen-bond donors (Lipinski definition) is 2. The Hall–Kier alpha value is -1.07. The van der Waals surface area contributed by atoms with Crippen molar-refractivity contribution in [2.75, 3.05) is 11.9 Å². The molecule has 0 aliphatic heterocycles. The molecule has 0 atom stereocenters. The quantitative estimate of drug-likeness (QED) is 0.873. The highest BCUT2D eigenvalue weighted by molar-refractivity contribution is 6.32. The van der Waals surface area contributed by atoms with E-state index in [0.29, 0.717) is 12.2 Å². The summed E-state index contributed by atoms with van der Waals surface area (Å²) in [5.74, 6) is 0. The van der Waals surface area contributed by atoms with E-state index in [0.717, 1.165) is 12.8 Å². The Balaban J connectivity index is 2.06. The summed E-state index contributed by atoms with van der Waals surface area (Å²) in [7, 11) is 1.57. The van der Waals surface area contributed by atoms with Gasteiger partial charge in [-0.05, 0) is 12.8 Å². The second-order valence-electron chi connectivity index (χ2n) is 5.08. The first-order valence-electron chi connectivity index (χ1n) is 6.26. The molecule has 0 amide bonds. The Bertz CT molecular complexity index is 479. The molecule has 100 valence electrons. The van der Waals surface area contributed by atoms with Crippen LogP contribution in [0.2, 0.25) is 5.02 Å². The maximum Gasteiger partial charge on any atom is 0.287 e. The lowest BCUT2D eigenvalue weighted by molar-refractivity contribution is 0.311. The number of aryl methyl sites for hydroxylation is 1. The zero-order valence-electron chi connectivity index (χ0n) is 10.6. The lowest BCUT2D eigenvalue weighted by atomic mass is 9.82. The normalized spacial score (nSPS) is 18.6. The van der Waals surface area contributed by atoms with Gasteiger partial charge in [0.05, 0.1) is 11.9 Å². The third-order valence-electron chi connectivity index (χ3n) is 3.56. The molecule has 0 aromatic carbocycles. The first-order chi connectivity index (χ1) is 8.52. The molecule has 1 heterocycles. The molecule has 1 aliphatic rings. The summed E-state index contributed by atoms with van der Waals surface area (Å²) < 4.78 is 1.21. The van der Waals surface area contributed by atoms with Crippen LogP contribution in [-0.2, 0) is 7.05 Å². The zero-order valence-corrected chi connectivity index (χ0v) is 11.3. The van der Waals surface area contributed by atoms with Crippen LogP contribution in [0.1, 0.15) is 32.1 Å². The molecule has 0 bridgehead atoms. The predicted octanol–water partition coefficient (Wildman–Crippen LogP) is 1.51. The highest BCUT2D eigenvalue weighted by atomic mass is 35.5. The van der Waals surface area contributed by atoms with Crippen molar-refractivity contribution in [3.8, 4) is 0 Å². The first-order valence-corrected chi connectivity index (χ1v) is 6.64. The molecule has 0 saturated heterocycles. The number of nitrogens with one attached hydrogen (secondary N) is 1. The van der Waals surface area contributed by atoms with Crippen molar-refractivity contribution in [2.45, 2.75) is 37.6 Å². The molecule has 6 heteroatoms. The SMILES string of the molecule is Cn1ncc(NCC2(N)CCCCC2)c(Cl)c1=O. The van der Waals surface area contributed by atoms with E-state index in [-0.39, 0.29) is 16.1 Å². The van der Waals surface area contributed by atoms with Crippen molar-refractivity contribution in [3.63, 3.8) is 0 Å². The Morgan fingerprint density at radius 2 is 2.17 bits per heavy atom. The molecule has 2 rings (SSSR count). The minimum absolute atomic E-state index is 0.173. The van der Waals surface area contributed by atoms with E-state index in [2.05, 4.69) is 10.4 Å². The van der Waals surface area contributed by atoms with Crippen molar-refractivity contribution in [1.82, 2.24) is 9.78 Å². The van der Waals surface area contributed by atoms with Crippen LogP contribution in [0.3, 0.4) is 0 Å². The second-order valence-corrected chi connectivity index (χ2v) is 5.46. The number of aromatic nitrogens is 2. The molecule has 5 nitrogen and oxygen atoms in total. The highest BCUT2D eigenvalue weighted by Gasteiger charge is 2.27. The lowest BCUT2D eigenvalue weighted by Gasteiger charge is -2.33. The summed E-state index contributed by atoms with van der Waals surface area (Å²) in [5, 5.41) is 7.27. The standard InChI is InChI=1S/C12H19ClN4O/c1-17-11(18)10(13)9(7-16-17)15-8-12(14)5-3-2-4-6-12/h7,15H,2-6,8,14H2,1H3. The van der Waals surface area contributed by atoms with Gasteiger partial charge >= 0.3 is 0 Å². The van der Waals surface area contributed by atoms with E-state index in [9.17, 15) is 4.79 Å². The van der Waals surface area contributed by atoms with Crippen molar-refractivity contribution in [1.29, 1.82) is 0 Å². The molecular formula is C12H19ClN4O. The van der Waals surface area contributed by atoms with Gasteiger partial charge in [-0.15, -0.1) is 0 Å². The fraction of sp³-hybridized carbons (Fsp3) is 0.667. The predicted molar refractivity (Wildman–Crippen MR) is 73.0 cm³/mol. The van der Waals surface area contributed by atoms with E-state index in [4.69, 9.17) is 17.3 Å². The van der Waals surface area contributed by atoms with Crippen LogP contribution in [-0.4, -0.2) is 21.9 Å². The maximum atomic E-state index is 11.6. The van der Waals surface area contributed by atoms with E-state index in [1.807, 2.05) is 0 Å². The van der Waals surface area contributed by atoms with Crippen molar-refractivity contribution >= 4 is 17.3 Å². The Morgan fingerprint density at radius 1 is 1.50 bits per heavy atom. The topological polar surface area (TPSA) is 72.9 Å². The third kappa shape index (κ3) is 2.84. The molecule has 1 aliphatic carbocycles. The van der Waals surface area contributed by atoms with Gasteiger partial charge in [-0.25, -0.2) is 4.68 Å². The fourth-order valence-electron chi connectivity index (χ4n) is 2.34. The van der Waals surface area contributed by atoms with Gasteiger partial charge in [0.25, 0.3) is 5.56 Å². The van der Waals surface area contributed by atoms with E-state index >= 15 is 0 Å². The average Bonchev–Trinajstić information content (AvgIpc) is 2.36. The molecule has 0 unspecified atom stereocenters. The molecule has 18 heavy (non-hydrogen) atoms. The first kappa shape index (κ1) is 13.4. The van der Waals surface area contributed by atoms with Gasteiger partial charge in [-0.1, -0.05) is 30.9 Å². The smallest absolute Gasteiger partial charge is 0.287 e. The molecule has 1 saturated carbocycles. The third-order valence-corrected chi connectivity index (χ3v) is 3.92. The van der Waals surface area contributed by atoms with Gasteiger partial charge in [0.1, 0.15) is 5.02 Å². The molecule has 0 radical (unpaired) electrons. The molecule has 0 spiro atoms. The summed E-state index contributed by atoms with van der Waals surface area (Å²) in [6.07, 6.45) is 7.18. The van der Waals surface area contributed by atoms with Crippen molar-refractivity contribution in [2.24, 2.45) is 12.8 Å². The van der Waals surface area contributed by atoms with Crippen LogP contribution in [0.15, 0.2) is 11.0 Å². The highest BCUT2D eigenvalue weighted by Crippen LogP contribution is 2.26. The Labute approximate surface area is 111 Å². The van der Waals surface area contributed by atoms with Gasteiger partial charge in [0.2, 0.25) is 0 Å². The summed E-state index contributed by atoms with van der Waals surface area (Å²) in [4.78, 5) is 11.6. The number of nitrogens with zero attached hydrogens (tertiary/aromatic N) is 2. The van der Waals surface area contributed by atoms with Crippen LogP contribution < -0.4 is 16.6 Å². The monoisotopic (exact) mass is 270 g/mol. The summed E-state index contributed by atoms with van der Waals surface area (Å²) in [5.41, 5.74) is 6.39. The van der Waals surface area contributed by atoms with Crippen LogP contribution in [0.4, 0.5) is 5.69 Å². The second kappa shape index (κ2) is 5.28. The van der Waals surface area contributed by atoms with Gasteiger partial charge in [-0.2, -0.15) is 5.10 Å². The molecule has 1 aromatic rings. The number of rotatable bonds is 3. The van der Waals surface area contributed by atoms with Crippen LogP contribution >= 0.6 is 11.6 Å². The maximum absolute atomic E-state index is 11.6. The Kier molecular flexibility index (Phi) is 3.92. The lowest BCUT2D eigenvalue weighted by Crippen LogP contribution is -2.47. The summed E-state index contributed by atoms with van der Waals surface area (Å²) in [6, 6.07) is 0. The molecule has 1 fully saturated rings. The molecule has 1 aromatic heterocycles. The van der Waals surface area contributed by atoms with Gasteiger partial charge in [0.15, 0.2) is 0 Å². The number of halogens is 1. The van der Waals surface area contributed by atoms with Crippen molar-refractivity contribution in [3.05, 3.63) is 21.6 Å². The van der Waals surface area contributed by atoms with E-state index < -0.39 is 0 Å². The van der Waals surface area contributed by atoms with Gasteiger partial charge in [0, 0.05) is 19.1 Å². The molecule has 3 N–H and O–H groups in total. The van der Waals surface area contributed by atoms with Gasteiger partial charge < -0.3 is 11.1 Å². The average molecular weight is 271 g/mol. The number of anilines is 1. The van der Waals surface area contributed by atoms with E-state index in [1.54, 1.807) is 13.2 Å². The largest absolute Gasteiger partial charge is 0.381 e. The van der Waals surface area contributed by atoms with Crippen LogP contribution in [0, 0.1) is 0 Å². The van der Waals surface area contributed by atoms with E-state index in [1.165, 1.54) is 23.9 Å². The van der Waals surface area contributed by atoms with Crippen LogP contribution in [0.25, 0.3) is 0 Å². The number of nitrogens with two attached hydrogens (primary N) is 1. The molecular weight excluding hydrogens is 252 g/mol. The minimum Gasteiger partial charge on any atom is -0.381 e. The van der Waals surface area contributed by atoms with Gasteiger partial charge in [-0.3, -0.25) is 4.79 Å². The Morgan fingerprint density at radius 3 is 2.83 bits per heavy atom. The number of hydrogen-bond acceptors (Lipinski definition) is 4. The fourth-order valence-corrected chi connectivity index (χ4v) is 2.58. The minimum atomic E-state index is -0.295. The summed E-state index contributed by atoms with van der Waals surface area (Å²) in [6.45, 7) is 0.627.